The first-order valence-corrected chi connectivity index (χ1v) is 9.87. The third-order valence-electron chi connectivity index (χ3n) is 4.53. The van der Waals surface area contributed by atoms with Crippen molar-refractivity contribution in [2.24, 2.45) is 0 Å². The van der Waals surface area contributed by atoms with Gasteiger partial charge < -0.3 is 10.1 Å². The molecule has 3 aromatic rings. The third-order valence-corrected chi connectivity index (χ3v) is 5.37. The highest BCUT2D eigenvalue weighted by molar-refractivity contribution is 7.97. The van der Waals surface area contributed by atoms with E-state index in [4.69, 9.17) is 11.6 Å². The van der Waals surface area contributed by atoms with E-state index in [0.717, 1.165) is 16.3 Å². The molecule has 0 aliphatic carbocycles. The molecule has 3 rings (SSSR count). The van der Waals surface area contributed by atoms with E-state index < -0.39 is 0 Å². The first kappa shape index (κ1) is 17.4. The van der Waals surface area contributed by atoms with Crippen molar-refractivity contribution in [3.8, 4) is 0 Å². The van der Waals surface area contributed by atoms with Gasteiger partial charge >= 0.3 is 0 Å². The Labute approximate surface area is 152 Å². The summed E-state index contributed by atoms with van der Waals surface area (Å²) in [5.41, 5.74) is 6.16. The molecule has 2 N–H and O–H groups in total. The molecule has 0 fully saturated rings. The average Bonchev–Trinajstić information content (AvgIpc) is 2.98. The van der Waals surface area contributed by atoms with Gasteiger partial charge in [0.15, 0.2) is 0 Å². The highest BCUT2D eigenvalue weighted by atomic mass is 35.5. The van der Waals surface area contributed by atoms with Crippen molar-refractivity contribution in [2.75, 3.05) is 12.9 Å². The van der Waals surface area contributed by atoms with Crippen molar-refractivity contribution in [3.63, 3.8) is 0 Å². The fourth-order valence-corrected chi connectivity index (χ4v) is 4.22. The summed E-state index contributed by atoms with van der Waals surface area (Å²) in [4.78, 5) is 3.46. The molecule has 1 atom stereocenters. The number of aliphatic hydroxyl groups is 1. The number of aliphatic hydroxyl groups excluding tert-OH is 1. The molecule has 0 aliphatic heterocycles. The number of thioether (sulfide) groups is 1. The van der Waals surface area contributed by atoms with Crippen LogP contribution >= 0.6 is 23.4 Å². The smallest absolute Gasteiger partial charge is 0.0498 e. The topological polar surface area (TPSA) is 36.0 Å². The Bertz CT molecular complexity index is 843. The largest absolute Gasteiger partial charge is 0.396 e. The number of benzene rings is 2. The maximum atomic E-state index is 9.61. The van der Waals surface area contributed by atoms with Crippen LogP contribution in [0, 0.1) is 6.92 Å². The Morgan fingerprint density at radius 3 is 2.75 bits per heavy atom. The average molecular weight is 360 g/mol. The number of rotatable bonds is 6. The predicted octanol–water partition coefficient (Wildman–Crippen LogP) is 5.51. The van der Waals surface area contributed by atoms with Gasteiger partial charge in [-0.3, -0.25) is 0 Å². The molecular formula is C20H22ClNOS. The van der Waals surface area contributed by atoms with Crippen molar-refractivity contribution in [2.45, 2.75) is 25.0 Å². The fourth-order valence-electron chi connectivity index (χ4n) is 3.44. The molecule has 24 heavy (non-hydrogen) atoms. The Hall–Kier alpha value is -1.42. The Morgan fingerprint density at radius 1 is 1.21 bits per heavy atom. The molecule has 0 bridgehead atoms. The van der Waals surface area contributed by atoms with Crippen molar-refractivity contribution >= 4 is 34.3 Å². The van der Waals surface area contributed by atoms with E-state index in [1.807, 2.05) is 23.9 Å². The number of hydrogen-bond donors (Lipinski definition) is 2. The number of para-hydroxylation sites is 1. The first-order valence-electron chi connectivity index (χ1n) is 8.10. The highest BCUT2D eigenvalue weighted by Gasteiger charge is 2.20. The second kappa shape index (κ2) is 7.64. The minimum Gasteiger partial charge on any atom is -0.396 e. The van der Waals surface area contributed by atoms with E-state index in [2.05, 4.69) is 48.6 Å². The summed E-state index contributed by atoms with van der Waals surface area (Å²) in [7, 11) is 0. The standard InChI is InChI=1S/C20H22ClNOS/c1-13-10-15(21)6-7-16(13)17(8-9-23)19-11-22-20-14(12-24-2)4-3-5-18(19)20/h3-7,10-11,17,22-23H,8-9,12H2,1-2H3. The van der Waals surface area contributed by atoms with Crippen LogP contribution in [0.25, 0.3) is 10.9 Å². The van der Waals surface area contributed by atoms with Gasteiger partial charge in [0.2, 0.25) is 0 Å². The summed E-state index contributed by atoms with van der Waals surface area (Å²) < 4.78 is 0. The fraction of sp³-hybridized carbons (Fsp3) is 0.300. The Morgan fingerprint density at radius 2 is 2.04 bits per heavy atom. The van der Waals surface area contributed by atoms with Gasteiger partial charge in [-0.05, 0) is 54.0 Å². The molecule has 1 unspecified atom stereocenters. The van der Waals surface area contributed by atoms with E-state index in [1.54, 1.807) is 0 Å². The zero-order chi connectivity index (χ0) is 17.1. The van der Waals surface area contributed by atoms with E-state index >= 15 is 0 Å². The zero-order valence-corrected chi connectivity index (χ0v) is 15.5. The van der Waals surface area contributed by atoms with Gasteiger partial charge in [0.25, 0.3) is 0 Å². The summed E-state index contributed by atoms with van der Waals surface area (Å²) in [5, 5.41) is 11.6. The molecule has 0 radical (unpaired) electrons. The second-order valence-electron chi connectivity index (χ2n) is 6.08. The Balaban J connectivity index is 2.12. The van der Waals surface area contributed by atoms with Crippen LogP contribution < -0.4 is 0 Å². The summed E-state index contributed by atoms with van der Waals surface area (Å²) in [5.74, 6) is 1.15. The summed E-state index contributed by atoms with van der Waals surface area (Å²) in [6.07, 6.45) is 4.92. The highest BCUT2D eigenvalue weighted by Crippen LogP contribution is 2.36. The van der Waals surface area contributed by atoms with Gasteiger partial charge in [-0.2, -0.15) is 11.8 Å². The number of H-pyrrole nitrogens is 1. The van der Waals surface area contributed by atoms with Crippen molar-refractivity contribution < 1.29 is 5.11 Å². The molecule has 0 spiro atoms. The molecular weight excluding hydrogens is 338 g/mol. The molecule has 1 heterocycles. The number of aromatic nitrogens is 1. The molecule has 0 aliphatic rings. The molecule has 0 saturated carbocycles. The zero-order valence-electron chi connectivity index (χ0n) is 14.0. The molecule has 1 aromatic heterocycles. The first-order chi connectivity index (χ1) is 11.7. The maximum Gasteiger partial charge on any atom is 0.0498 e. The minimum atomic E-state index is 0.157. The molecule has 2 aromatic carbocycles. The number of fused-ring (bicyclic) bond motifs is 1. The van der Waals surface area contributed by atoms with Gasteiger partial charge in [-0.15, -0.1) is 0 Å². The molecule has 0 amide bonds. The number of hydrogen-bond acceptors (Lipinski definition) is 2. The number of aromatic amines is 1. The van der Waals surface area contributed by atoms with Gasteiger partial charge in [0.1, 0.15) is 0 Å². The van der Waals surface area contributed by atoms with Crippen molar-refractivity contribution in [1.82, 2.24) is 4.98 Å². The second-order valence-corrected chi connectivity index (χ2v) is 7.38. The van der Waals surface area contributed by atoms with Crippen LogP contribution in [0.15, 0.2) is 42.6 Å². The third kappa shape index (κ3) is 3.34. The molecule has 0 saturated heterocycles. The molecule has 4 heteroatoms. The van der Waals surface area contributed by atoms with Crippen LogP contribution in [0.1, 0.15) is 34.6 Å². The van der Waals surface area contributed by atoms with Crippen LogP contribution in [-0.4, -0.2) is 23.0 Å². The lowest BCUT2D eigenvalue weighted by atomic mass is 9.86. The minimum absolute atomic E-state index is 0.157. The van der Waals surface area contributed by atoms with Gasteiger partial charge in [0, 0.05) is 40.4 Å². The van der Waals surface area contributed by atoms with Crippen LogP contribution in [0.4, 0.5) is 0 Å². The number of aryl methyl sites for hydroxylation is 1. The summed E-state index contributed by atoms with van der Waals surface area (Å²) >= 11 is 7.94. The van der Waals surface area contributed by atoms with E-state index in [-0.39, 0.29) is 12.5 Å². The maximum absolute atomic E-state index is 9.61. The normalized spacial score (nSPS) is 12.7. The predicted molar refractivity (Wildman–Crippen MR) is 105 cm³/mol. The lowest BCUT2D eigenvalue weighted by Gasteiger charge is -2.19. The van der Waals surface area contributed by atoms with Crippen molar-refractivity contribution in [3.05, 3.63) is 69.9 Å². The summed E-state index contributed by atoms with van der Waals surface area (Å²) in [6, 6.07) is 12.5. The molecule has 126 valence electrons. The van der Waals surface area contributed by atoms with Gasteiger partial charge in [-0.1, -0.05) is 35.9 Å². The van der Waals surface area contributed by atoms with Gasteiger partial charge in [-0.25, -0.2) is 0 Å². The number of halogens is 1. The lowest BCUT2D eigenvalue weighted by molar-refractivity contribution is 0.281. The van der Waals surface area contributed by atoms with Crippen LogP contribution in [0.5, 0.6) is 0 Å². The van der Waals surface area contributed by atoms with Crippen LogP contribution in [0.2, 0.25) is 5.02 Å². The van der Waals surface area contributed by atoms with E-state index in [9.17, 15) is 5.11 Å². The van der Waals surface area contributed by atoms with Gasteiger partial charge in [0.05, 0.1) is 0 Å². The summed E-state index contributed by atoms with van der Waals surface area (Å²) in [6.45, 7) is 2.24. The quantitative estimate of drug-likeness (QED) is 0.609. The Kier molecular flexibility index (Phi) is 5.54. The monoisotopic (exact) mass is 359 g/mol. The SMILES string of the molecule is CSCc1cccc2c(C(CCO)c3ccc(Cl)cc3C)c[nH]c12. The van der Waals surface area contributed by atoms with E-state index in [0.29, 0.717) is 6.42 Å². The van der Waals surface area contributed by atoms with Crippen LogP contribution in [-0.2, 0) is 5.75 Å². The van der Waals surface area contributed by atoms with Crippen LogP contribution in [0.3, 0.4) is 0 Å². The molecule has 2 nitrogen and oxygen atoms in total. The van der Waals surface area contributed by atoms with Crippen molar-refractivity contribution in [1.29, 1.82) is 0 Å². The number of nitrogens with one attached hydrogen (secondary N) is 1. The van der Waals surface area contributed by atoms with E-state index in [1.165, 1.54) is 27.6 Å². The lowest BCUT2D eigenvalue weighted by Crippen LogP contribution is -2.05.